The molecule has 5 heteroatoms. The smallest absolute Gasteiger partial charge is 0.182 e. The molecule has 17 heavy (non-hydrogen) atoms. The number of sulfone groups is 1. The minimum absolute atomic E-state index is 0.152. The monoisotopic (exact) mass is 257 g/mol. The molecule has 4 nitrogen and oxygen atoms in total. The van der Waals surface area contributed by atoms with Gasteiger partial charge in [0.05, 0.1) is 5.75 Å². The van der Waals surface area contributed by atoms with E-state index in [-0.39, 0.29) is 10.6 Å². The molecule has 96 valence electrons. The Labute approximate surface area is 103 Å². The highest BCUT2D eigenvalue weighted by molar-refractivity contribution is 7.91. The molecule has 0 aromatic heterocycles. The fourth-order valence-electron chi connectivity index (χ4n) is 1.47. The van der Waals surface area contributed by atoms with E-state index in [2.05, 4.69) is 5.32 Å². The van der Waals surface area contributed by atoms with Crippen LogP contribution in [0.2, 0.25) is 0 Å². The number of hydrogen-bond donors (Lipinski definition) is 1. The number of benzene rings is 1. The number of likely N-dealkylation sites (N-methyl/N-ethyl adjacent to an activating group) is 1. The van der Waals surface area contributed by atoms with Crippen molar-refractivity contribution in [3.8, 4) is 5.75 Å². The molecule has 0 aliphatic heterocycles. The van der Waals surface area contributed by atoms with Crippen LogP contribution < -0.4 is 10.1 Å². The summed E-state index contributed by atoms with van der Waals surface area (Å²) >= 11 is 0. The van der Waals surface area contributed by atoms with Crippen molar-refractivity contribution >= 4 is 9.84 Å². The topological polar surface area (TPSA) is 55.4 Å². The maximum Gasteiger partial charge on any atom is 0.182 e. The fraction of sp³-hybridized carbons (Fsp3) is 0.500. The van der Waals surface area contributed by atoms with Crippen LogP contribution in [0.3, 0.4) is 0 Å². The first-order valence-corrected chi connectivity index (χ1v) is 7.36. The molecule has 0 heterocycles. The molecular weight excluding hydrogens is 238 g/mol. The van der Waals surface area contributed by atoms with Crippen molar-refractivity contribution in [1.82, 2.24) is 5.32 Å². The van der Waals surface area contributed by atoms with Crippen LogP contribution in [-0.4, -0.2) is 34.4 Å². The molecule has 0 aliphatic rings. The predicted molar refractivity (Wildman–Crippen MR) is 68.2 cm³/mol. The quantitative estimate of drug-likeness (QED) is 0.752. The third kappa shape index (κ3) is 4.02. The van der Waals surface area contributed by atoms with Crippen molar-refractivity contribution in [1.29, 1.82) is 0 Å². The second-order valence-corrected chi connectivity index (χ2v) is 5.80. The van der Waals surface area contributed by atoms with E-state index in [1.165, 1.54) is 0 Å². The van der Waals surface area contributed by atoms with E-state index < -0.39 is 9.84 Å². The standard InChI is InChI=1S/C12H19NO3S/c1-3-10-17(14,15)12-7-5-4-6-11(12)16-9-8-13-2/h4-7,13H,3,8-10H2,1-2H3. The third-order valence-electron chi connectivity index (χ3n) is 2.27. The van der Waals surface area contributed by atoms with Crippen LogP contribution in [0, 0.1) is 0 Å². The molecule has 1 N–H and O–H groups in total. The van der Waals surface area contributed by atoms with Gasteiger partial charge < -0.3 is 10.1 Å². The van der Waals surface area contributed by atoms with E-state index in [0.717, 1.165) is 0 Å². The first-order valence-electron chi connectivity index (χ1n) is 5.71. The highest BCUT2D eigenvalue weighted by Gasteiger charge is 2.17. The summed E-state index contributed by atoms with van der Waals surface area (Å²) in [4.78, 5) is 0.290. The number of para-hydroxylation sites is 1. The largest absolute Gasteiger partial charge is 0.491 e. The summed E-state index contributed by atoms with van der Waals surface area (Å²) in [6.07, 6.45) is 0.604. The van der Waals surface area contributed by atoms with Gasteiger partial charge in [0.2, 0.25) is 0 Å². The van der Waals surface area contributed by atoms with Crippen LogP contribution in [0.5, 0.6) is 5.75 Å². The molecule has 0 fully saturated rings. The number of ether oxygens (including phenoxy) is 1. The first-order chi connectivity index (χ1) is 8.11. The van der Waals surface area contributed by atoms with Gasteiger partial charge in [0.1, 0.15) is 17.3 Å². The molecule has 0 saturated heterocycles. The molecule has 0 radical (unpaired) electrons. The Kier molecular flexibility index (Phi) is 5.44. The lowest BCUT2D eigenvalue weighted by Crippen LogP contribution is -2.17. The van der Waals surface area contributed by atoms with Crippen LogP contribution in [0.15, 0.2) is 29.2 Å². The highest BCUT2D eigenvalue weighted by Crippen LogP contribution is 2.24. The third-order valence-corrected chi connectivity index (χ3v) is 4.22. The number of hydrogen-bond acceptors (Lipinski definition) is 4. The Hall–Kier alpha value is -1.07. The zero-order valence-corrected chi connectivity index (χ0v) is 11.1. The minimum Gasteiger partial charge on any atom is -0.491 e. The summed E-state index contributed by atoms with van der Waals surface area (Å²) in [7, 11) is -1.40. The van der Waals surface area contributed by atoms with Crippen molar-refractivity contribution in [2.75, 3.05) is 26.0 Å². The second-order valence-electron chi connectivity index (χ2n) is 3.72. The highest BCUT2D eigenvalue weighted by atomic mass is 32.2. The predicted octanol–water partition coefficient (Wildman–Crippen LogP) is 1.47. The Balaban J connectivity index is 2.91. The molecule has 1 rings (SSSR count). The summed E-state index contributed by atoms with van der Waals surface area (Å²) < 4.78 is 29.4. The normalized spacial score (nSPS) is 11.4. The molecule has 1 aromatic rings. The van der Waals surface area contributed by atoms with Gasteiger partial charge in [0.25, 0.3) is 0 Å². The Morgan fingerprint density at radius 1 is 1.29 bits per heavy atom. The first kappa shape index (κ1) is 14.0. The van der Waals surface area contributed by atoms with Crippen LogP contribution in [-0.2, 0) is 9.84 Å². The molecule has 0 amide bonds. The number of nitrogens with one attached hydrogen (secondary N) is 1. The maximum absolute atomic E-state index is 12.0. The van der Waals surface area contributed by atoms with Gasteiger partial charge in [-0.1, -0.05) is 19.1 Å². The lowest BCUT2D eigenvalue weighted by atomic mass is 10.3. The van der Waals surface area contributed by atoms with Crippen LogP contribution in [0.1, 0.15) is 13.3 Å². The van der Waals surface area contributed by atoms with E-state index >= 15 is 0 Å². The average molecular weight is 257 g/mol. The zero-order valence-electron chi connectivity index (χ0n) is 10.3. The zero-order chi connectivity index (χ0) is 12.7. The van der Waals surface area contributed by atoms with Gasteiger partial charge in [0.15, 0.2) is 9.84 Å². The molecular formula is C12H19NO3S. The van der Waals surface area contributed by atoms with Crippen molar-refractivity contribution in [2.45, 2.75) is 18.2 Å². The van der Waals surface area contributed by atoms with Gasteiger partial charge in [-0.2, -0.15) is 0 Å². The van der Waals surface area contributed by atoms with Crippen LogP contribution in [0.4, 0.5) is 0 Å². The van der Waals surface area contributed by atoms with Gasteiger partial charge in [-0.3, -0.25) is 0 Å². The summed E-state index contributed by atoms with van der Waals surface area (Å²) in [6, 6.07) is 6.78. The van der Waals surface area contributed by atoms with Crippen molar-refractivity contribution in [2.24, 2.45) is 0 Å². The molecule has 0 spiro atoms. The van der Waals surface area contributed by atoms with Gasteiger partial charge in [0, 0.05) is 6.54 Å². The van der Waals surface area contributed by atoms with E-state index in [4.69, 9.17) is 4.74 Å². The van der Waals surface area contributed by atoms with Crippen LogP contribution >= 0.6 is 0 Å². The van der Waals surface area contributed by atoms with Gasteiger partial charge in [-0.05, 0) is 25.6 Å². The van der Waals surface area contributed by atoms with E-state index in [0.29, 0.717) is 25.3 Å². The van der Waals surface area contributed by atoms with Crippen molar-refractivity contribution in [3.05, 3.63) is 24.3 Å². The summed E-state index contributed by atoms with van der Waals surface area (Å²) in [5.41, 5.74) is 0. The average Bonchev–Trinajstić information content (AvgIpc) is 2.30. The number of rotatable bonds is 7. The molecule has 0 bridgehead atoms. The molecule has 1 aromatic carbocycles. The van der Waals surface area contributed by atoms with E-state index in [1.54, 1.807) is 24.3 Å². The lowest BCUT2D eigenvalue weighted by molar-refractivity contribution is 0.310. The van der Waals surface area contributed by atoms with Crippen LogP contribution in [0.25, 0.3) is 0 Å². The minimum atomic E-state index is -3.22. The van der Waals surface area contributed by atoms with Gasteiger partial charge in [-0.25, -0.2) is 8.42 Å². The summed E-state index contributed by atoms with van der Waals surface area (Å²) in [5.74, 6) is 0.593. The van der Waals surface area contributed by atoms with E-state index in [1.807, 2.05) is 14.0 Å². The van der Waals surface area contributed by atoms with Gasteiger partial charge >= 0.3 is 0 Å². The molecule has 0 atom stereocenters. The summed E-state index contributed by atoms with van der Waals surface area (Å²) in [6.45, 7) is 2.99. The Bertz CT molecular complexity index is 443. The fourth-order valence-corrected chi connectivity index (χ4v) is 2.94. The van der Waals surface area contributed by atoms with E-state index in [9.17, 15) is 8.42 Å². The molecule has 0 unspecified atom stereocenters. The summed E-state index contributed by atoms with van der Waals surface area (Å²) in [5, 5.41) is 2.95. The second kappa shape index (κ2) is 6.61. The Morgan fingerprint density at radius 3 is 2.65 bits per heavy atom. The van der Waals surface area contributed by atoms with Gasteiger partial charge in [-0.15, -0.1) is 0 Å². The van der Waals surface area contributed by atoms with Crippen molar-refractivity contribution < 1.29 is 13.2 Å². The SMILES string of the molecule is CCCS(=O)(=O)c1ccccc1OCCNC. The Morgan fingerprint density at radius 2 is 2.00 bits per heavy atom. The molecule has 0 saturated carbocycles. The van der Waals surface area contributed by atoms with Crippen molar-refractivity contribution in [3.63, 3.8) is 0 Å². The molecule has 0 aliphatic carbocycles. The lowest BCUT2D eigenvalue weighted by Gasteiger charge is -2.11. The maximum atomic E-state index is 12.0.